The molecule has 1 saturated heterocycles. The van der Waals surface area contributed by atoms with E-state index in [2.05, 4.69) is 18.8 Å². The van der Waals surface area contributed by atoms with Gasteiger partial charge in [-0.1, -0.05) is 88.6 Å². The number of nitrogens with one attached hydrogen (secondary N) is 1. The molecule has 4 rings (SSSR count). The zero-order chi connectivity index (χ0) is 43.1. The van der Waals surface area contributed by atoms with Gasteiger partial charge in [0.2, 0.25) is 11.8 Å². The number of benzene rings is 2. The number of hydrogen-bond acceptors (Lipinski definition) is 12. The molecule has 4 amide bonds. The van der Waals surface area contributed by atoms with E-state index in [-0.39, 0.29) is 50.8 Å². The zero-order valence-corrected chi connectivity index (χ0v) is 35.0. The summed E-state index contributed by atoms with van der Waals surface area (Å²) in [6.07, 6.45) is 2.03. The fourth-order valence-electron chi connectivity index (χ4n) is 7.27. The molecule has 0 aliphatic carbocycles. The van der Waals surface area contributed by atoms with E-state index in [1.807, 2.05) is 48.5 Å². The number of anilines is 1. The van der Waals surface area contributed by atoms with E-state index in [9.17, 15) is 34.1 Å². The summed E-state index contributed by atoms with van der Waals surface area (Å²) < 4.78 is 28.9. The maximum Gasteiger partial charge on any atom is 0.472 e. The SMILES string of the molecule is C=CN(C(N)=O)C1OC(CC)C(OP(=O)(O)OCC(CO)CCCCNC(=O)CCC(=O)N2Cc3ccccc3/C(N(N)CCCCCC)=C(/N)c3ccccc32)C1O. The lowest BCUT2D eigenvalue weighted by Crippen LogP contribution is -2.46. The normalized spacial score (nSPS) is 21.6. The van der Waals surface area contributed by atoms with Crippen LogP contribution in [0.15, 0.2) is 61.3 Å². The molecule has 2 aromatic rings. The van der Waals surface area contributed by atoms with Gasteiger partial charge in [-0.05, 0) is 37.3 Å². The summed E-state index contributed by atoms with van der Waals surface area (Å²) in [7, 11) is -4.74. The molecule has 6 atom stereocenters. The molecule has 2 aromatic carbocycles. The van der Waals surface area contributed by atoms with Crippen LogP contribution in [0, 0.1) is 5.92 Å². The Bertz CT molecular complexity index is 1810. The minimum absolute atomic E-state index is 0.0303. The molecular weight excluding hydrogens is 781 g/mol. The van der Waals surface area contributed by atoms with Crippen LogP contribution in [-0.2, 0) is 34.5 Å². The highest BCUT2D eigenvalue weighted by Crippen LogP contribution is 2.48. The first-order valence-corrected chi connectivity index (χ1v) is 21.8. The number of aliphatic hydroxyl groups is 2. The summed E-state index contributed by atoms with van der Waals surface area (Å²) in [6.45, 7) is 7.90. The van der Waals surface area contributed by atoms with Crippen molar-refractivity contribution in [1.29, 1.82) is 0 Å². The summed E-state index contributed by atoms with van der Waals surface area (Å²) in [5, 5.41) is 25.2. The van der Waals surface area contributed by atoms with Crippen molar-refractivity contribution in [2.45, 2.75) is 109 Å². The highest BCUT2D eigenvalue weighted by Gasteiger charge is 2.50. The zero-order valence-electron chi connectivity index (χ0n) is 34.1. The predicted octanol–water partition coefficient (Wildman–Crippen LogP) is 4.27. The number of para-hydroxylation sites is 1. The lowest BCUT2D eigenvalue weighted by Gasteiger charge is -2.33. The predicted molar refractivity (Wildman–Crippen MR) is 224 cm³/mol. The summed E-state index contributed by atoms with van der Waals surface area (Å²) in [6, 6.07) is 14.3. The second-order valence-electron chi connectivity index (χ2n) is 14.8. The van der Waals surface area contributed by atoms with Crippen molar-refractivity contribution in [2.24, 2.45) is 23.2 Å². The minimum Gasteiger partial charge on any atom is -0.396 e. The number of primary amides is 1. The first-order valence-electron chi connectivity index (χ1n) is 20.3. The lowest BCUT2D eigenvalue weighted by molar-refractivity contribution is -0.125. The third kappa shape index (κ3) is 12.8. The van der Waals surface area contributed by atoms with Gasteiger partial charge in [0.05, 0.1) is 36.3 Å². The molecule has 0 spiro atoms. The van der Waals surface area contributed by atoms with Gasteiger partial charge in [-0.15, -0.1) is 0 Å². The van der Waals surface area contributed by atoms with Crippen LogP contribution in [0.2, 0.25) is 0 Å². The molecule has 0 aromatic heterocycles. The molecule has 0 bridgehead atoms. The van der Waals surface area contributed by atoms with E-state index in [0.717, 1.165) is 53.6 Å². The maximum atomic E-state index is 13.8. The standard InChI is InChI=1S/C41H62N7O10P/c1-4-7-8-15-24-48(44)37-30-18-10-9-17-29(30)25-47(32-20-12-11-19-31(32)36(37)42)35(51)22-21-34(50)45-23-14-13-16-28(26-49)27-56-59(54,55)58-39-33(5-2)57-40(38(39)52)46(6-3)41(43)53/h6,9-12,17-20,28,33,38-40,49,52H,3-5,7-8,13-16,21-27,42,44H2,1-2H3,(H2,43,53)(H,45,50)(H,54,55)/b37-36-. The fourth-order valence-corrected chi connectivity index (χ4v) is 8.30. The third-order valence-corrected chi connectivity index (χ3v) is 11.5. The number of hydrazine groups is 1. The number of urea groups is 1. The van der Waals surface area contributed by atoms with E-state index >= 15 is 0 Å². The van der Waals surface area contributed by atoms with E-state index in [4.69, 9.17) is 31.1 Å². The summed E-state index contributed by atoms with van der Waals surface area (Å²) in [4.78, 5) is 51.4. The number of ether oxygens (including phenoxy) is 1. The Morgan fingerprint density at radius 1 is 1.07 bits per heavy atom. The highest BCUT2D eigenvalue weighted by molar-refractivity contribution is 7.47. The van der Waals surface area contributed by atoms with Crippen LogP contribution in [0.5, 0.6) is 0 Å². The van der Waals surface area contributed by atoms with Gasteiger partial charge in [0.15, 0.2) is 6.23 Å². The van der Waals surface area contributed by atoms with Crippen molar-refractivity contribution in [2.75, 3.05) is 31.2 Å². The number of amides is 4. The van der Waals surface area contributed by atoms with Gasteiger partial charge in [0.25, 0.3) is 0 Å². The van der Waals surface area contributed by atoms with Crippen molar-refractivity contribution in [3.05, 3.63) is 78.0 Å². The Kier molecular flexibility index (Phi) is 18.4. The smallest absolute Gasteiger partial charge is 0.396 e. The van der Waals surface area contributed by atoms with Gasteiger partial charge in [-0.25, -0.2) is 15.2 Å². The molecular formula is C41H62N7O10P. The third-order valence-electron chi connectivity index (χ3n) is 10.5. The maximum absolute atomic E-state index is 13.8. The number of carbonyl (C=O) groups excluding carboxylic acids is 3. The first-order chi connectivity index (χ1) is 28.3. The molecule has 2 aliphatic rings. The van der Waals surface area contributed by atoms with Crippen LogP contribution in [-0.4, -0.2) is 93.7 Å². The van der Waals surface area contributed by atoms with Crippen molar-refractivity contribution in [1.82, 2.24) is 15.2 Å². The van der Waals surface area contributed by atoms with Gasteiger partial charge in [-0.3, -0.25) is 23.5 Å². The Morgan fingerprint density at radius 2 is 1.78 bits per heavy atom. The van der Waals surface area contributed by atoms with Gasteiger partial charge in [-0.2, -0.15) is 0 Å². The van der Waals surface area contributed by atoms with Crippen molar-refractivity contribution >= 4 is 42.7 Å². The monoisotopic (exact) mass is 843 g/mol. The number of nitrogens with zero attached hydrogens (tertiary/aromatic N) is 3. The van der Waals surface area contributed by atoms with Crippen LogP contribution in [0.1, 0.15) is 94.7 Å². The number of phosphoric ester groups is 1. The molecule has 326 valence electrons. The van der Waals surface area contributed by atoms with Crippen LogP contribution in [0.3, 0.4) is 0 Å². The average molecular weight is 844 g/mol. The van der Waals surface area contributed by atoms with Crippen LogP contribution < -0.4 is 27.5 Å². The molecule has 6 unspecified atom stereocenters. The van der Waals surface area contributed by atoms with Crippen LogP contribution >= 0.6 is 7.82 Å². The molecule has 0 radical (unpaired) electrons. The van der Waals surface area contributed by atoms with Gasteiger partial charge < -0.3 is 46.5 Å². The fraction of sp³-hybridized carbons (Fsp3) is 0.537. The van der Waals surface area contributed by atoms with E-state index < -0.39 is 44.3 Å². The van der Waals surface area contributed by atoms with Crippen molar-refractivity contribution in [3.63, 3.8) is 0 Å². The number of carbonyl (C=O) groups is 3. The number of unbranched alkanes of at least 4 members (excludes halogenated alkanes) is 4. The molecule has 10 N–H and O–H groups in total. The highest BCUT2D eigenvalue weighted by atomic mass is 31.2. The van der Waals surface area contributed by atoms with Gasteiger partial charge in [0.1, 0.15) is 12.2 Å². The average Bonchev–Trinajstić information content (AvgIpc) is 3.51. The number of nitrogens with two attached hydrogens (primary N) is 3. The molecule has 1 fully saturated rings. The first kappa shape index (κ1) is 47.4. The molecule has 2 aliphatic heterocycles. The quantitative estimate of drug-likeness (QED) is 0.0358. The summed E-state index contributed by atoms with van der Waals surface area (Å²) in [5.41, 5.74) is 16.4. The van der Waals surface area contributed by atoms with E-state index in [1.165, 1.54) is 0 Å². The van der Waals surface area contributed by atoms with Gasteiger partial charge in [0, 0.05) is 55.8 Å². The number of aliphatic hydroxyl groups excluding tert-OH is 2. The van der Waals surface area contributed by atoms with Crippen molar-refractivity contribution in [3.8, 4) is 0 Å². The molecule has 17 nitrogen and oxygen atoms in total. The lowest BCUT2D eigenvalue weighted by atomic mass is 9.95. The molecule has 2 heterocycles. The number of phosphoric acid groups is 1. The Morgan fingerprint density at radius 3 is 2.46 bits per heavy atom. The van der Waals surface area contributed by atoms with E-state index in [1.54, 1.807) is 16.8 Å². The summed E-state index contributed by atoms with van der Waals surface area (Å²) >= 11 is 0. The number of fused-ring (bicyclic) bond motifs is 2. The number of hydrogen-bond donors (Lipinski definition) is 7. The Labute approximate surface area is 346 Å². The topological polar surface area (TPSA) is 256 Å². The Hall–Kier alpha value is -4.32. The second kappa shape index (κ2) is 22.9. The van der Waals surface area contributed by atoms with Gasteiger partial charge >= 0.3 is 13.9 Å². The summed E-state index contributed by atoms with van der Waals surface area (Å²) in [5.74, 6) is 5.61. The van der Waals surface area contributed by atoms with E-state index in [0.29, 0.717) is 49.3 Å². The largest absolute Gasteiger partial charge is 0.472 e. The second-order valence-corrected chi connectivity index (χ2v) is 16.2. The minimum atomic E-state index is -4.74. The van der Waals surface area contributed by atoms with Crippen molar-refractivity contribution < 1.29 is 47.8 Å². The Balaban J connectivity index is 1.26. The molecule has 18 heteroatoms. The molecule has 0 saturated carbocycles. The van der Waals surface area contributed by atoms with Crippen LogP contribution in [0.25, 0.3) is 11.4 Å². The number of rotatable bonds is 23. The molecule has 59 heavy (non-hydrogen) atoms. The van der Waals surface area contributed by atoms with Crippen LogP contribution in [0.4, 0.5) is 10.5 Å².